The Labute approximate surface area is 131 Å². The first-order valence-corrected chi connectivity index (χ1v) is 7.08. The molecule has 0 saturated carbocycles. The number of nitrogens with one attached hydrogen (secondary N) is 2. The van der Waals surface area contributed by atoms with E-state index in [2.05, 4.69) is 10.6 Å². The second-order valence-electron chi connectivity index (χ2n) is 5.87. The molecule has 22 heavy (non-hydrogen) atoms. The Morgan fingerprint density at radius 3 is 2.36 bits per heavy atom. The van der Waals surface area contributed by atoms with Crippen LogP contribution in [0.4, 0.5) is 5.69 Å². The average molecular weight is 308 g/mol. The van der Waals surface area contributed by atoms with Crippen molar-refractivity contribution in [3.8, 4) is 11.5 Å². The number of methoxy groups -OCH3 is 2. The van der Waals surface area contributed by atoms with Gasteiger partial charge in [-0.05, 0) is 12.1 Å². The van der Waals surface area contributed by atoms with Crippen molar-refractivity contribution < 1.29 is 19.1 Å². The number of hydrogen-bond donors (Lipinski definition) is 2. The summed E-state index contributed by atoms with van der Waals surface area (Å²) < 4.78 is 10.3. The molecule has 0 aliphatic carbocycles. The van der Waals surface area contributed by atoms with E-state index in [1.807, 2.05) is 20.8 Å². The van der Waals surface area contributed by atoms with Crippen LogP contribution in [0.15, 0.2) is 18.2 Å². The maximum absolute atomic E-state index is 12.0. The molecule has 0 aromatic heterocycles. The molecule has 1 aromatic rings. The Morgan fingerprint density at radius 2 is 1.82 bits per heavy atom. The van der Waals surface area contributed by atoms with Gasteiger partial charge in [0, 0.05) is 24.4 Å². The van der Waals surface area contributed by atoms with E-state index in [9.17, 15) is 9.59 Å². The number of carbonyl (C=O) groups is 2. The molecule has 0 bridgehead atoms. The van der Waals surface area contributed by atoms with Crippen molar-refractivity contribution in [2.24, 2.45) is 5.41 Å². The minimum absolute atomic E-state index is 0.0840. The van der Waals surface area contributed by atoms with Gasteiger partial charge in [0.1, 0.15) is 11.5 Å². The van der Waals surface area contributed by atoms with Crippen molar-refractivity contribution in [2.75, 3.05) is 26.1 Å². The maximum Gasteiger partial charge on any atom is 0.226 e. The molecule has 0 fully saturated rings. The Kier molecular flexibility index (Phi) is 6.22. The lowest BCUT2D eigenvalue weighted by Crippen LogP contribution is -2.36. The van der Waals surface area contributed by atoms with Crippen LogP contribution in [-0.2, 0) is 9.59 Å². The number of ether oxygens (including phenoxy) is 2. The summed E-state index contributed by atoms with van der Waals surface area (Å²) in [6.07, 6.45) is 0.183. The van der Waals surface area contributed by atoms with Crippen LogP contribution in [0, 0.1) is 5.41 Å². The molecule has 0 aliphatic heterocycles. The fraction of sp³-hybridized carbons (Fsp3) is 0.500. The van der Waals surface area contributed by atoms with Gasteiger partial charge in [-0.25, -0.2) is 0 Å². The fourth-order valence-electron chi connectivity index (χ4n) is 1.68. The van der Waals surface area contributed by atoms with Gasteiger partial charge in [0.05, 0.1) is 19.9 Å². The standard InChI is InChI=1S/C16H24N2O4/c1-16(2,3)15(20)17-9-8-14(19)18-12-10-11(21-4)6-7-13(12)22-5/h6-7,10H,8-9H2,1-5H3,(H,17,20)(H,18,19). The summed E-state index contributed by atoms with van der Waals surface area (Å²) in [5.74, 6) is 0.880. The molecule has 1 rings (SSSR count). The van der Waals surface area contributed by atoms with E-state index in [1.165, 1.54) is 7.11 Å². The van der Waals surface area contributed by atoms with Crippen molar-refractivity contribution in [3.05, 3.63) is 18.2 Å². The highest BCUT2D eigenvalue weighted by Crippen LogP contribution is 2.28. The Bertz CT molecular complexity index is 535. The van der Waals surface area contributed by atoms with Crippen LogP contribution in [0.3, 0.4) is 0 Å². The molecule has 2 N–H and O–H groups in total. The van der Waals surface area contributed by atoms with E-state index in [-0.39, 0.29) is 24.8 Å². The van der Waals surface area contributed by atoms with E-state index in [4.69, 9.17) is 9.47 Å². The third-order valence-electron chi connectivity index (χ3n) is 3.00. The predicted molar refractivity (Wildman–Crippen MR) is 85.3 cm³/mol. The first-order valence-electron chi connectivity index (χ1n) is 7.08. The Balaban J connectivity index is 2.57. The van der Waals surface area contributed by atoms with Gasteiger partial charge < -0.3 is 20.1 Å². The summed E-state index contributed by atoms with van der Waals surface area (Å²) in [5, 5.41) is 5.49. The number of amides is 2. The van der Waals surface area contributed by atoms with E-state index in [1.54, 1.807) is 25.3 Å². The smallest absolute Gasteiger partial charge is 0.226 e. The molecular weight excluding hydrogens is 284 g/mol. The topological polar surface area (TPSA) is 76.7 Å². The zero-order chi connectivity index (χ0) is 16.8. The van der Waals surface area contributed by atoms with Gasteiger partial charge >= 0.3 is 0 Å². The SMILES string of the molecule is COc1ccc(OC)c(NC(=O)CCNC(=O)C(C)(C)C)c1. The normalized spacial score (nSPS) is 10.8. The van der Waals surface area contributed by atoms with E-state index < -0.39 is 5.41 Å². The van der Waals surface area contributed by atoms with Gasteiger partial charge in [0.2, 0.25) is 11.8 Å². The first-order chi connectivity index (χ1) is 10.3. The third-order valence-corrected chi connectivity index (χ3v) is 3.00. The number of anilines is 1. The number of carbonyl (C=O) groups excluding carboxylic acids is 2. The van der Waals surface area contributed by atoms with Gasteiger partial charge in [-0.3, -0.25) is 9.59 Å². The van der Waals surface area contributed by atoms with E-state index >= 15 is 0 Å². The second-order valence-corrected chi connectivity index (χ2v) is 5.87. The lowest BCUT2D eigenvalue weighted by molar-refractivity contribution is -0.128. The number of benzene rings is 1. The van der Waals surface area contributed by atoms with Crippen LogP contribution in [0.5, 0.6) is 11.5 Å². The second kappa shape index (κ2) is 7.68. The van der Waals surface area contributed by atoms with Crippen LogP contribution >= 0.6 is 0 Å². The molecule has 0 saturated heterocycles. The van der Waals surface area contributed by atoms with Gasteiger partial charge in [-0.2, -0.15) is 0 Å². The van der Waals surface area contributed by atoms with Gasteiger partial charge in [0.15, 0.2) is 0 Å². The molecule has 0 unspecified atom stereocenters. The minimum Gasteiger partial charge on any atom is -0.497 e. The Hall–Kier alpha value is -2.24. The molecule has 6 heteroatoms. The summed E-state index contributed by atoms with van der Waals surface area (Å²) in [5.41, 5.74) is 0.0703. The third kappa shape index (κ3) is 5.27. The minimum atomic E-state index is -0.466. The van der Waals surface area contributed by atoms with Crippen molar-refractivity contribution in [1.82, 2.24) is 5.32 Å². The van der Waals surface area contributed by atoms with Crippen LogP contribution in [-0.4, -0.2) is 32.6 Å². The van der Waals surface area contributed by atoms with Crippen molar-refractivity contribution >= 4 is 17.5 Å². The van der Waals surface area contributed by atoms with Gasteiger partial charge in [-0.1, -0.05) is 20.8 Å². The molecule has 0 radical (unpaired) electrons. The van der Waals surface area contributed by atoms with Crippen molar-refractivity contribution in [1.29, 1.82) is 0 Å². The molecule has 1 aromatic carbocycles. The molecule has 2 amide bonds. The van der Waals surface area contributed by atoms with Gasteiger partial charge in [-0.15, -0.1) is 0 Å². The Morgan fingerprint density at radius 1 is 1.14 bits per heavy atom. The van der Waals surface area contributed by atoms with Crippen molar-refractivity contribution in [2.45, 2.75) is 27.2 Å². The van der Waals surface area contributed by atoms with Crippen molar-refractivity contribution in [3.63, 3.8) is 0 Å². The van der Waals surface area contributed by atoms with Crippen LogP contribution < -0.4 is 20.1 Å². The lowest BCUT2D eigenvalue weighted by Gasteiger charge is -2.17. The summed E-state index contributed by atoms with van der Waals surface area (Å²) >= 11 is 0. The van der Waals surface area contributed by atoms with Gasteiger partial charge in [0.25, 0.3) is 0 Å². The molecule has 0 heterocycles. The van der Waals surface area contributed by atoms with Crippen LogP contribution in [0.25, 0.3) is 0 Å². The highest BCUT2D eigenvalue weighted by atomic mass is 16.5. The quantitative estimate of drug-likeness (QED) is 0.844. The van der Waals surface area contributed by atoms with Crippen LogP contribution in [0.1, 0.15) is 27.2 Å². The molecule has 0 atom stereocenters. The van der Waals surface area contributed by atoms with E-state index in [0.717, 1.165) is 0 Å². The van der Waals surface area contributed by atoms with E-state index in [0.29, 0.717) is 17.2 Å². The fourth-order valence-corrected chi connectivity index (χ4v) is 1.68. The summed E-state index contributed by atoms with van der Waals surface area (Å²) in [6, 6.07) is 5.15. The molecule has 122 valence electrons. The zero-order valence-corrected chi connectivity index (χ0v) is 13.8. The summed E-state index contributed by atoms with van der Waals surface area (Å²) in [4.78, 5) is 23.7. The highest BCUT2D eigenvalue weighted by molar-refractivity contribution is 5.93. The highest BCUT2D eigenvalue weighted by Gasteiger charge is 2.20. The monoisotopic (exact) mass is 308 g/mol. The molecular formula is C16H24N2O4. The molecule has 6 nitrogen and oxygen atoms in total. The maximum atomic E-state index is 12.0. The average Bonchev–Trinajstić information content (AvgIpc) is 2.46. The largest absolute Gasteiger partial charge is 0.497 e. The predicted octanol–water partition coefficient (Wildman–Crippen LogP) is 2.19. The summed E-state index contributed by atoms with van der Waals surface area (Å²) in [7, 11) is 3.08. The zero-order valence-electron chi connectivity index (χ0n) is 13.8. The van der Waals surface area contributed by atoms with Crippen LogP contribution in [0.2, 0.25) is 0 Å². The molecule has 0 spiro atoms. The first kappa shape index (κ1) is 17.8. The summed E-state index contributed by atoms with van der Waals surface area (Å²) in [6.45, 7) is 5.75. The molecule has 0 aliphatic rings. The number of hydrogen-bond acceptors (Lipinski definition) is 4. The number of rotatable bonds is 6. The lowest BCUT2D eigenvalue weighted by atomic mass is 9.96.